The number of barbiturate groups is 1. The van der Waals surface area contributed by atoms with Crippen molar-refractivity contribution in [3.05, 3.63) is 51.1 Å². The van der Waals surface area contributed by atoms with Crippen LogP contribution in [0.3, 0.4) is 0 Å². The Morgan fingerprint density at radius 2 is 1.93 bits per heavy atom. The Balaban J connectivity index is 1.68. The van der Waals surface area contributed by atoms with Crippen molar-refractivity contribution in [3.63, 3.8) is 0 Å². The first-order chi connectivity index (χ1) is 14.0. The Bertz CT molecular complexity index is 1060. The Morgan fingerprint density at radius 1 is 1.14 bits per heavy atom. The van der Waals surface area contributed by atoms with Crippen LogP contribution in [0.4, 0.5) is 10.5 Å². The van der Waals surface area contributed by atoms with E-state index in [1.165, 1.54) is 12.1 Å². The fourth-order valence-electron chi connectivity index (χ4n) is 2.96. The highest BCUT2D eigenvalue weighted by Crippen LogP contribution is 2.36. The number of nitrogens with one attached hydrogen (secondary N) is 1. The second-order valence-electron chi connectivity index (χ2n) is 6.12. The largest absolute Gasteiger partial charge is 0.493 e. The lowest BCUT2D eigenvalue weighted by atomic mass is 10.1. The lowest BCUT2D eigenvalue weighted by Gasteiger charge is -2.26. The van der Waals surface area contributed by atoms with Crippen molar-refractivity contribution in [3.8, 4) is 17.2 Å². The summed E-state index contributed by atoms with van der Waals surface area (Å²) < 4.78 is 16.9. The molecule has 1 saturated heterocycles. The Morgan fingerprint density at radius 3 is 2.69 bits per heavy atom. The summed E-state index contributed by atoms with van der Waals surface area (Å²) >= 11 is 2.12. The number of amides is 4. The number of imide groups is 2. The van der Waals surface area contributed by atoms with Gasteiger partial charge in [-0.15, -0.1) is 0 Å². The molecule has 2 aliphatic rings. The van der Waals surface area contributed by atoms with Crippen molar-refractivity contribution < 1.29 is 28.6 Å². The SMILES string of the molecule is CCOc1ccc(/C=C2\C(=O)NC(=O)N(c3ccc4c(c3)OCO4)C2=O)cc1I. The number of hydrogen-bond donors (Lipinski definition) is 1. The molecule has 29 heavy (non-hydrogen) atoms. The minimum absolute atomic E-state index is 0.0684. The molecule has 0 radical (unpaired) electrons. The number of benzene rings is 2. The van der Waals surface area contributed by atoms with E-state index < -0.39 is 17.8 Å². The van der Waals surface area contributed by atoms with Gasteiger partial charge in [0.15, 0.2) is 11.5 Å². The maximum atomic E-state index is 13.0. The second-order valence-corrected chi connectivity index (χ2v) is 7.28. The number of hydrogen-bond acceptors (Lipinski definition) is 6. The summed E-state index contributed by atoms with van der Waals surface area (Å²) in [6.07, 6.45) is 1.45. The van der Waals surface area contributed by atoms with E-state index >= 15 is 0 Å². The normalized spacial score (nSPS) is 17.0. The summed E-state index contributed by atoms with van der Waals surface area (Å²) in [5.74, 6) is 0.190. The zero-order valence-electron chi connectivity index (χ0n) is 15.2. The van der Waals surface area contributed by atoms with Crippen LogP contribution in [0.2, 0.25) is 0 Å². The predicted molar refractivity (Wildman–Crippen MR) is 112 cm³/mol. The van der Waals surface area contributed by atoms with Gasteiger partial charge in [-0.25, -0.2) is 9.69 Å². The molecule has 4 amide bonds. The zero-order valence-corrected chi connectivity index (χ0v) is 17.4. The first kappa shape index (κ1) is 19.2. The van der Waals surface area contributed by atoms with Crippen LogP contribution in [0.25, 0.3) is 6.08 Å². The number of fused-ring (bicyclic) bond motifs is 1. The predicted octanol–water partition coefficient (Wildman–Crippen LogP) is 3.09. The summed E-state index contributed by atoms with van der Waals surface area (Å²) in [5, 5.41) is 2.20. The molecular formula is C20H15IN2O6. The van der Waals surface area contributed by atoms with E-state index in [1.807, 2.05) is 6.92 Å². The van der Waals surface area contributed by atoms with Gasteiger partial charge in [0.1, 0.15) is 11.3 Å². The number of ether oxygens (including phenoxy) is 3. The average molecular weight is 506 g/mol. The van der Waals surface area contributed by atoms with Crippen LogP contribution >= 0.6 is 22.6 Å². The number of carbonyl (C=O) groups is 3. The van der Waals surface area contributed by atoms with Gasteiger partial charge in [0.2, 0.25) is 6.79 Å². The van der Waals surface area contributed by atoms with E-state index in [0.717, 1.165) is 8.47 Å². The highest BCUT2D eigenvalue weighted by Gasteiger charge is 2.37. The van der Waals surface area contributed by atoms with Gasteiger partial charge >= 0.3 is 6.03 Å². The molecule has 1 N–H and O–H groups in total. The minimum Gasteiger partial charge on any atom is -0.493 e. The van der Waals surface area contributed by atoms with E-state index in [4.69, 9.17) is 14.2 Å². The first-order valence-electron chi connectivity index (χ1n) is 8.71. The third-order valence-electron chi connectivity index (χ3n) is 4.28. The summed E-state index contributed by atoms with van der Waals surface area (Å²) in [4.78, 5) is 38.5. The van der Waals surface area contributed by atoms with Crippen molar-refractivity contribution in [1.82, 2.24) is 5.32 Å². The van der Waals surface area contributed by atoms with Gasteiger partial charge in [-0.05, 0) is 65.4 Å². The van der Waals surface area contributed by atoms with Crippen LogP contribution < -0.4 is 24.4 Å². The number of carbonyl (C=O) groups excluding carboxylic acids is 3. The van der Waals surface area contributed by atoms with Crippen molar-refractivity contribution in [1.29, 1.82) is 0 Å². The maximum Gasteiger partial charge on any atom is 0.335 e. The molecule has 0 bridgehead atoms. The number of urea groups is 1. The van der Waals surface area contributed by atoms with Crippen LogP contribution in [0.5, 0.6) is 17.2 Å². The van der Waals surface area contributed by atoms with Gasteiger partial charge in [-0.1, -0.05) is 6.07 Å². The molecule has 9 heteroatoms. The zero-order chi connectivity index (χ0) is 20.5. The van der Waals surface area contributed by atoms with E-state index in [1.54, 1.807) is 30.3 Å². The molecule has 0 saturated carbocycles. The molecule has 1 fully saturated rings. The minimum atomic E-state index is -0.822. The Labute approximate surface area is 179 Å². The molecule has 2 aromatic rings. The summed E-state index contributed by atoms with van der Waals surface area (Å²) in [6.45, 7) is 2.49. The van der Waals surface area contributed by atoms with E-state index in [9.17, 15) is 14.4 Å². The van der Waals surface area contributed by atoms with Crippen LogP contribution in [0.15, 0.2) is 42.0 Å². The Hall–Kier alpha value is -3.08. The number of anilines is 1. The molecule has 0 aromatic heterocycles. The molecule has 2 aliphatic heterocycles. The summed E-state index contributed by atoms with van der Waals surface area (Å²) in [7, 11) is 0. The van der Waals surface area contributed by atoms with Gasteiger partial charge in [0.25, 0.3) is 11.8 Å². The van der Waals surface area contributed by atoms with Crippen molar-refractivity contribution >= 4 is 52.2 Å². The van der Waals surface area contributed by atoms with E-state index in [0.29, 0.717) is 29.4 Å². The molecule has 2 heterocycles. The van der Waals surface area contributed by atoms with Crippen LogP contribution in [0, 0.1) is 3.57 Å². The van der Waals surface area contributed by atoms with E-state index in [2.05, 4.69) is 27.9 Å². The Kier molecular flexibility index (Phi) is 5.14. The fraction of sp³-hybridized carbons (Fsp3) is 0.150. The number of halogens is 1. The molecule has 0 aliphatic carbocycles. The highest BCUT2D eigenvalue weighted by atomic mass is 127. The molecule has 4 rings (SSSR count). The van der Waals surface area contributed by atoms with Gasteiger partial charge in [0.05, 0.1) is 15.9 Å². The van der Waals surface area contributed by atoms with Crippen molar-refractivity contribution in [2.45, 2.75) is 6.92 Å². The van der Waals surface area contributed by atoms with Crippen molar-refractivity contribution in [2.75, 3.05) is 18.3 Å². The van der Waals surface area contributed by atoms with Crippen molar-refractivity contribution in [2.24, 2.45) is 0 Å². The molecular weight excluding hydrogens is 491 g/mol. The fourth-order valence-corrected chi connectivity index (χ4v) is 3.66. The lowest BCUT2D eigenvalue weighted by Crippen LogP contribution is -2.54. The van der Waals surface area contributed by atoms with E-state index in [-0.39, 0.29) is 18.1 Å². The highest BCUT2D eigenvalue weighted by molar-refractivity contribution is 14.1. The molecule has 0 spiro atoms. The van der Waals surface area contributed by atoms with Gasteiger partial charge in [-0.2, -0.15) is 0 Å². The monoisotopic (exact) mass is 506 g/mol. The third kappa shape index (κ3) is 3.65. The van der Waals surface area contributed by atoms with Crippen LogP contribution in [-0.2, 0) is 9.59 Å². The smallest absolute Gasteiger partial charge is 0.335 e. The lowest BCUT2D eigenvalue weighted by molar-refractivity contribution is -0.122. The number of rotatable bonds is 4. The molecule has 0 atom stereocenters. The summed E-state index contributed by atoms with van der Waals surface area (Å²) in [6, 6.07) is 9.15. The van der Waals surface area contributed by atoms with Gasteiger partial charge in [0, 0.05) is 6.07 Å². The second kappa shape index (κ2) is 7.74. The molecule has 8 nitrogen and oxygen atoms in total. The average Bonchev–Trinajstić information content (AvgIpc) is 3.15. The summed E-state index contributed by atoms with van der Waals surface area (Å²) in [5.41, 5.74) is 0.759. The quantitative estimate of drug-likeness (QED) is 0.389. The molecule has 2 aromatic carbocycles. The maximum absolute atomic E-state index is 13.0. The third-order valence-corrected chi connectivity index (χ3v) is 5.13. The van der Waals surface area contributed by atoms with Gasteiger partial charge in [-0.3, -0.25) is 14.9 Å². The standard InChI is InChI=1S/C20H15IN2O6/c1-2-27-15-5-3-11(8-14(15)21)7-13-18(24)22-20(26)23(19(13)25)12-4-6-16-17(9-12)29-10-28-16/h3-9H,2,10H2,1H3,(H,22,24,26)/b13-7+. The molecule has 148 valence electrons. The van der Waals surface area contributed by atoms with Gasteiger partial charge < -0.3 is 14.2 Å². The molecule has 0 unspecified atom stereocenters. The number of nitrogens with zero attached hydrogens (tertiary/aromatic N) is 1. The van der Waals surface area contributed by atoms with Crippen LogP contribution in [0.1, 0.15) is 12.5 Å². The first-order valence-corrected chi connectivity index (χ1v) is 9.79. The topological polar surface area (TPSA) is 94.2 Å². The van der Waals surface area contributed by atoms with Crippen LogP contribution in [-0.4, -0.2) is 31.2 Å².